The molecule has 73 heavy (non-hydrogen) atoms. The fourth-order valence-corrected chi connectivity index (χ4v) is 4.92. The number of aromatic nitrogens is 6. The summed E-state index contributed by atoms with van der Waals surface area (Å²) < 4.78 is 6.60. The zero-order valence-corrected chi connectivity index (χ0v) is 43.3. The molecule has 3 aromatic rings. The lowest BCUT2D eigenvalue weighted by atomic mass is 10.2. The van der Waals surface area contributed by atoms with E-state index in [1.807, 2.05) is 26.8 Å². The Labute approximate surface area is 428 Å². The molecular formula is C51H76N12O10. The summed E-state index contributed by atoms with van der Waals surface area (Å²) in [5, 5.41) is 52.1. The van der Waals surface area contributed by atoms with Gasteiger partial charge in [0, 0.05) is 66.5 Å². The van der Waals surface area contributed by atoms with Crippen molar-refractivity contribution in [1.82, 2.24) is 36.2 Å². The molecule has 0 aliphatic rings. The number of carboxylic acids is 1. The molecule has 3 heterocycles. The van der Waals surface area contributed by atoms with Crippen molar-refractivity contribution in [3.63, 3.8) is 0 Å². The van der Waals surface area contributed by atoms with Gasteiger partial charge in [-0.3, -0.25) is 14.4 Å². The topological polar surface area (TPSA) is 334 Å². The largest absolute Gasteiger partial charge is 0.618 e. The number of aryl methyl sites for hydroxylation is 3. The summed E-state index contributed by atoms with van der Waals surface area (Å²) in [6, 6.07) is 0. The normalized spacial score (nSPS) is 11.2. The number of nitrogens with zero attached hydrogens (tertiary/aromatic N) is 6. The van der Waals surface area contributed by atoms with Crippen molar-refractivity contribution >= 4 is 29.8 Å². The predicted octanol–water partition coefficient (Wildman–Crippen LogP) is 4.25. The van der Waals surface area contributed by atoms with E-state index in [-0.39, 0.29) is 35.4 Å². The molecule has 22 nitrogen and oxygen atoms in total. The molecule has 4 amide bonds. The fraction of sp³-hybridized carbons (Fsp3) is 0.431. The van der Waals surface area contributed by atoms with Crippen LogP contribution >= 0.6 is 0 Å². The van der Waals surface area contributed by atoms with E-state index in [2.05, 4.69) is 110 Å². The van der Waals surface area contributed by atoms with E-state index in [1.165, 1.54) is 18.6 Å². The van der Waals surface area contributed by atoms with Crippen LogP contribution in [0.4, 0.5) is 4.79 Å². The quantitative estimate of drug-likeness (QED) is 0.0285. The lowest BCUT2D eigenvalue weighted by Crippen LogP contribution is -2.37. The molecule has 0 aliphatic carbocycles. The highest BCUT2D eigenvalue weighted by Gasteiger charge is 2.16. The number of rotatable bonds is 24. The number of alkyl carbamates (subject to hydrolysis) is 1. The summed E-state index contributed by atoms with van der Waals surface area (Å²) in [7, 11) is 0. The Morgan fingerprint density at radius 1 is 0.575 bits per heavy atom. The molecule has 0 radical (unpaired) electrons. The highest BCUT2D eigenvalue weighted by molar-refractivity contribution is 5.92. The highest BCUT2D eigenvalue weighted by Crippen LogP contribution is 2.06. The van der Waals surface area contributed by atoms with Crippen LogP contribution in [-0.4, -0.2) is 94.7 Å². The van der Waals surface area contributed by atoms with E-state index in [9.17, 15) is 39.6 Å². The first-order valence-electron chi connectivity index (χ1n) is 23.8. The molecule has 400 valence electrons. The molecule has 0 aromatic carbocycles. The number of carboxylic acid groups (broad SMARTS) is 1. The van der Waals surface area contributed by atoms with Gasteiger partial charge in [0.15, 0.2) is 11.4 Å². The summed E-state index contributed by atoms with van der Waals surface area (Å²) >= 11 is 0. The minimum atomic E-state index is -1.20. The summed E-state index contributed by atoms with van der Waals surface area (Å²) in [5.41, 5.74) is 11.1. The molecule has 0 atom stereocenters. The number of hydrogen-bond acceptors (Lipinski definition) is 14. The second kappa shape index (κ2) is 39.8. The number of allylic oxidation sites excluding steroid dienone is 12. The van der Waals surface area contributed by atoms with Crippen molar-refractivity contribution in [2.75, 3.05) is 39.3 Å². The molecule has 3 aromatic heterocycles. The maximum Gasteiger partial charge on any atom is 0.407 e. The zero-order valence-electron chi connectivity index (χ0n) is 43.3. The van der Waals surface area contributed by atoms with Crippen LogP contribution in [0.5, 0.6) is 0 Å². The van der Waals surface area contributed by atoms with Crippen molar-refractivity contribution in [3.05, 3.63) is 160 Å². The van der Waals surface area contributed by atoms with Gasteiger partial charge in [0.05, 0.1) is 18.6 Å². The Morgan fingerprint density at radius 3 is 1.32 bits per heavy atom. The van der Waals surface area contributed by atoms with Crippen LogP contribution < -0.4 is 46.9 Å². The molecule has 0 spiro atoms. The van der Waals surface area contributed by atoms with Gasteiger partial charge in [-0.15, -0.1) is 0 Å². The van der Waals surface area contributed by atoms with Crippen molar-refractivity contribution in [2.24, 2.45) is 11.5 Å². The SMILES string of the molecule is CC(C)(C)OC(=O)NCCN.CC/C=C\C/C=C\C/C=C\C/C=C\C/C=C\C/C=C\CCC(=O)NCCNC(=O)c1c[n+]([O-])c(C)cn1.Cc1cnc(C(=O)NCCN)c[n+]1[O-].Cc1cnc(C(=O)O)c[n+]1[O-]. The summed E-state index contributed by atoms with van der Waals surface area (Å²) in [6.07, 6.45) is 39.4. The molecule has 0 saturated carbocycles. The summed E-state index contributed by atoms with van der Waals surface area (Å²) in [6.45, 7) is 14.5. The molecule has 3 rings (SSSR count). The van der Waals surface area contributed by atoms with Gasteiger partial charge < -0.3 is 58.2 Å². The third kappa shape index (κ3) is 35.0. The number of aromatic carboxylic acids is 1. The molecule has 22 heteroatoms. The van der Waals surface area contributed by atoms with Gasteiger partial charge in [-0.2, -0.15) is 14.2 Å². The van der Waals surface area contributed by atoms with Crippen LogP contribution in [0.25, 0.3) is 0 Å². The minimum absolute atomic E-state index is 0.0459. The molecule has 0 fully saturated rings. The first-order valence-corrected chi connectivity index (χ1v) is 23.8. The molecule has 0 aliphatic heterocycles. The zero-order chi connectivity index (χ0) is 54.9. The third-order valence-electron chi connectivity index (χ3n) is 8.73. The number of carbonyl (C=O) groups is 5. The highest BCUT2D eigenvalue weighted by atomic mass is 16.6. The van der Waals surface area contributed by atoms with Crippen LogP contribution in [0.1, 0.15) is 128 Å². The van der Waals surface area contributed by atoms with Crippen molar-refractivity contribution in [3.8, 4) is 0 Å². The third-order valence-corrected chi connectivity index (χ3v) is 8.73. The van der Waals surface area contributed by atoms with E-state index in [4.69, 9.17) is 21.3 Å². The van der Waals surface area contributed by atoms with Crippen molar-refractivity contribution in [2.45, 2.75) is 105 Å². The van der Waals surface area contributed by atoms with Crippen LogP contribution in [0.15, 0.2) is 110 Å². The van der Waals surface area contributed by atoms with E-state index in [1.54, 1.807) is 20.8 Å². The van der Waals surface area contributed by atoms with Crippen LogP contribution in [-0.2, 0) is 9.53 Å². The lowest BCUT2D eigenvalue weighted by Gasteiger charge is -2.19. The van der Waals surface area contributed by atoms with Crippen LogP contribution in [0.2, 0.25) is 0 Å². The van der Waals surface area contributed by atoms with Gasteiger partial charge in [0.1, 0.15) is 5.60 Å². The van der Waals surface area contributed by atoms with Gasteiger partial charge in [0.25, 0.3) is 11.8 Å². The second-order valence-corrected chi connectivity index (χ2v) is 16.3. The van der Waals surface area contributed by atoms with E-state index >= 15 is 0 Å². The second-order valence-electron chi connectivity index (χ2n) is 16.3. The standard InChI is InChI=1S/C30H42N4O3.C8H12N4O2.C7H16N2O2.C6H6N2O3/c1-3-4-5-6-7-8-9-10-11-12-13-14-15-16-17-18-19-20-21-22-29(35)31-23-24-32-30(36)28-26-34(37)27(2)25-33-28;1-6-4-11-7(5-12(6)14)8(13)10-3-2-9;1-7(2,3)11-6(10)9-5-4-8;1-4-2-7-5(6(9)10)3-8(4)11/h4-5,7-8,10-11,13-14,16-17,19-20,25-26H,3,6,9,12,15,18,21-24H2,1-2H3,(H,31,35)(H,32,36);4-5H,2-3,9H2,1H3,(H,10,13);4-5,8H2,1-3H3,(H,9,10);2-3H,1H3,(H,9,10)/b5-4-,8-7-,11-10-,14-13-,17-16-,20-19-;;;. The lowest BCUT2D eigenvalue weighted by molar-refractivity contribution is -0.613. The van der Waals surface area contributed by atoms with Crippen molar-refractivity contribution in [1.29, 1.82) is 0 Å². The number of hydrogen-bond donors (Lipinski definition) is 7. The summed E-state index contributed by atoms with van der Waals surface area (Å²) in [5.74, 6) is -2.11. The van der Waals surface area contributed by atoms with E-state index in [0.29, 0.717) is 76.8 Å². The number of amides is 4. The van der Waals surface area contributed by atoms with Crippen LogP contribution in [0.3, 0.4) is 0 Å². The average Bonchev–Trinajstić information content (AvgIpc) is 3.34. The monoisotopic (exact) mass is 1020 g/mol. The smallest absolute Gasteiger partial charge is 0.407 e. The Kier molecular flexibility index (Phi) is 35.5. The van der Waals surface area contributed by atoms with Crippen molar-refractivity contribution < 1.29 is 48.0 Å². The maximum atomic E-state index is 12.0. The van der Waals surface area contributed by atoms with Gasteiger partial charge in [0.2, 0.25) is 47.3 Å². The van der Waals surface area contributed by atoms with Gasteiger partial charge in [-0.1, -0.05) is 79.8 Å². The number of ether oxygens (including phenoxy) is 1. The first-order chi connectivity index (χ1) is 34.8. The molecule has 9 N–H and O–H groups in total. The first kappa shape index (κ1) is 65.1. The van der Waals surface area contributed by atoms with Gasteiger partial charge in [-0.05, 0) is 65.7 Å². The minimum Gasteiger partial charge on any atom is -0.618 e. The number of nitrogens with one attached hydrogen (secondary N) is 4. The average molecular weight is 1020 g/mol. The molecule has 0 saturated heterocycles. The Morgan fingerprint density at radius 2 is 0.932 bits per heavy atom. The summed E-state index contributed by atoms with van der Waals surface area (Å²) in [4.78, 5) is 67.5. The number of nitrogens with two attached hydrogens (primary N) is 2. The maximum absolute atomic E-state index is 12.0. The van der Waals surface area contributed by atoms with Crippen LogP contribution in [0, 0.1) is 36.4 Å². The fourth-order valence-electron chi connectivity index (χ4n) is 4.92. The molecular weight excluding hydrogens is 941 g/mol. The molecule has 0 unspecified atom stereocenters. The Balaban J connectivity index is 0.00000115. The Hall–Kier alpha value is -7.85. The van der Waals surface area contributed by atoms with Gasteiger partial charge >= 0.3 is 12.1 Å². The van der Waals surface area contributed by atoms with Gasteiger partial charge in [-0.25, -0.2) is 24.5 Å². The Bertz CT molecular complexity index is 2310. The van der Waals surface area contributed by atoms with E-state index in [0.717, 1.165) is 57.1 Å². The number of carbonyl (C=O) groups excluding carboxylic acids is 4. The van der Waals surface area contributed by atoms with E-state index < -0.39 is 23.6 Å². The molecule has 0 bridgehead atoms. The predicted molar refractivity (Wildman–Crippen MR) is 278 cm³/mol.